The Kier molecular flexibility index (Phi) is 2.10. The first-order chi connectivity index (χ1) is 8.86. The lowest BCUT2D eigenvalue weighted by Gasteiger charge is -2.22. The van der Waals surface area contributed by atoms with E-state index in [1.807, 2.05) is 18.6 Å². The van der Waals surface area contributed by atoms with E-state index in [9.17, 15) is 4.39 Å². The quantitative estimate of drug-likeness (QED) is 0.744. The van der Waals surface area contributed by atoms with Crippen molar-refractivity contribution in [3.8, 4) is 11.3 Å². The Bertz CT molecular complexity index is 596. The summed E-state index contributed by atoms with van der Waals surface area (Å²) in [6.07, 6.45) is 8.67. The summed E-state index contributed by atoms with van der Waals surface area (Å²) >= 11 is 0. The number of hydrogen-bond acceptors (Lipinski definition) is 1. The molecule has 3 heteroatoms. The highest BCUT2D eigenvalue weighted by Crippen LogP contribution is 2.48. The van der Waals surface area contributed by atoms with E-state index in [-0.39, 0.29) is 11.9 Å². The topological polar surface area (TPSA) is 17.8 Å². The molecule has 2 aromatic rings. The summed E-state index contributed by atoms with van der Waals surface area (Å²) in [5.74, 6) is 0.504. The first-order valence-electron chi connectivity index (χ1n) is 6.67. The van der Waals surface area contributed by atoms with Crippen molar-refractivity contribution in [2.24, 2.45) is 5.92 Å². The third-order valence-electron chi connectivity index (χ3n) is 4.44. The second kappa shape index (κ2) is 3.67. The fourth-order valence-electron chi connectivity index (χ4n) is 3.67. The summed E-state index contributed by atoms with van der Waals surface area (Å²) < 4.78 is 16.4. The molecule has 1 aromatic carbocycles. The van der Waals surface area contributed by atoms with Gasteiger partial charge in [-0.15, -0.1) is 0 Å². The van der Waals surface area contributed by atoms with E-state index < -0.39 is 0 Å². The van der Waals surface area contributed by atoms with E-state index in [0.29, 0.717) is 5.92 Å². The molecular weight excluding hydrogens is 227 g/mol. The van der Waals surface area contributed by atoms with Crippen LogP contribution in [0, 0.1) is 11.7 Å². The molecule has 92 valence electrons. The monoisotopic (exact) mass is 242 g/mol. The molecule has 0 N–H and O–H groups in total. The van der Waals surface area contributed by atoms with Crippen molar-refractivity contribution < 1.29 is 4.39 Å². The maximum absolute atomic E-state index is 14.2. The van der Waals surface area contributed by atoms with Crippen LogP contribution in [0.25, 0.3) is 11.3 Å². The SMILES string of the molecule is Fc1cccc2c1C(C1CCCC1)n1cncc1-2. The van der Waals surface area contributed by atoms with Gasteiger partial charge in [-0.25, -0.2) is 9.37 Å². The maximum atomic E-state index is 14.2. The van der Waals surface area contributed by atoms with Gasteiger partial charge < -0.3 is 4.57 Å². The molecular formula is C15H15FN2. The van der Waals surface area contributed by atoms with Crippen LogP contribution in [0.5, 0.6) is 0 Å². The predicted molar refractivity (Wildman–Crippen MR) is 67.7 cm³/mol. The van der Waals surface area contributed by atoms with Gasteiger partial charge in [0.25, 0.3) is 0 Å². The Morgan fingerprint density at radius 2 is 2.06 bits per heavy atom. The number of imidazole rings is 1. The number of aromatic nitrogens is 2. The highest BCUT2D eigenvalue weighted by molar-refractivity contribution is 5.69. The Morgan fingerprint density at radius 1 is 1.22 bits per heavy atom. The zero-order valence-electron chi connectivity index (χ0n) is 10.1. The molecule has 2 nitrogen and oxygen atoms in total. The van der Waals surface area contributed by atoms with Crippen molar-refractivity contribution in [1.29, 1.82) is 0 Å². The summed E-state index contributed by atoms with van der Waals surface area (Å²) in [5.41, 5.74) is 2.99. The van der Waals surface area contributed by atoms with Crippen LogP contribution >= 0.6 is 0 Å². The van der Waals surface area contributed by atoms with Gasteiger partial charge >= 0.3 is 0 Å². The molecule has 18 heavy (non-hydrogen) atoms. The number of fused-ring (bicyclic) bond motifs is 3. The first kappa shape index (κ1) is 10.3. The van der Waals surface area contributed by atoms with Gasteiger partial charge in [-0.05, 0) is 24.8 Å². The molecule has 1 aromatic heterocycles. The van der Waals surface area contributed by atoms with Crippen LogP contribution in [0.15, 0.2) is 30.7 Å². The lowest BCUT2D eigenvalue weighted by atomic mass is 9.91. The fourth-order valence-corrected chi connectivity index (χ4v) is 3.67. The molecule has 0 bridgehead atoms. The molecule has 2 heterocycles. The minimum Gasteiger partial charge on any atom is -0.323 e. The molecule has 0 amide bonds. The van der Waals surface area contributed by atoms with Gasteiger partial charge in [0, 0.05) is 11.1 Å². The maximum Gasteiger partial charge on any atom is 0.129 e. The summed E-state index contributed by atoms with van der Waals surface area (Å²) in [6, 6.07) is 5.56. The van der Waals surface area contributed by atoms with Gasteiger partial charge in [0.2, 0.25) is 0 Å². The van der Waals surface area contributed by atoms with Crippen LogP contribution in [0.2, 0.25) is 0 Å². The van der Waals surface area contributed by atoms with Gasteiger partial charge in [-0.3, -0.25) is 0 Å². The molecule has 1 saturated carbocycles. The van der Waals surface area contributed by atoms with Crippen molar-refractivity contribution in [2.75, 3.05) is 0 Å². The first-order valence-corrected chi connectivity index (χ1v) is 6.67. The highest BCUT2D eigenvalue weighted by atomic mass is 19.1. The zero-order chi connectivity index (χ0) is 12.1. The second-order valence-electron chi connectivity index (χ2n) is 5.38. The van der Waals surface area contributed by atoms with E-state index in [2.05, 4.69) is 9.55 Å². The van der Waals surface area contributed by atoms with Gasteiger partial charge in [-0.1, -0.05) is 25.0 Å². The molecule has 1 aliphatic carbocycles. The second-order valence-corrected chi connectivity index (χ2v) is 5.38. The number of nitrogens with zero attached hydrogens (tertiary/aromatic N) is 2. The lowest BCUT2D eigenvalue weighted by molar-refractivity contribution is 0.387. The lowest BCUT2D eigenvalue weighted by Crippen LogP contribution is -2.15. The van der Waals surface area contributed by atoms with Crippen molar-refractivity contribution >= 4 is 0 Å². The van der Waals surface area contributed by atoms with Crippen LogP contribution in [0.1, 0.15) is 37.3 Å². The molecule has 1 fully saturated rings. The standard InChI is InChI=1S/C15H15FN2/c16-12-7-3-6-11-13-8-17-9-18(13)15(14(11)12)10-4-1-2-5-10/h3,6-10,15H,1-2,4-5H2. The Morgan fingerprint density at radius 3 is 2.89 bits per heavy atom. The summed E-state index contributed by atoms with van der Waals surface area (Å²) in [6.45, 7) is 0. The van der Waals surface area contributed by atoms with Crippen molar-refractivity contribution in [3.05, 3.63) is 42.1 Å². The van der Waals surface area contributed by atoms with Gasteiger partial charge in [-0.2, -0.15) is 0 Å². The smallest absolute Gasteiger partial charge is 0.129 e. The number of rotatable bonds is 1. The average Bonchev–Trinajstić information content (AvgIpc) is 3.04. The van der Waals surface area contributed by atoms with Crippen LogP contribution in [-0.2, 0) is 0 Å². The minimum absolute atomic E-state index is 0.0619. The average molecular weight is 242 g/mol. The third-order valence-corrected chi connectivity index (χ3v) is 4.44. The van der Waals surface area contributed by atoms with E-state index in [4.69, 9.17) is 0 Å². The van der Waals surface area contributed by atoms with Crippen LogP contribution in [0.3, 0.4) is 0 Å². The van der Waals surface area contributed by atoms with Gasteiger partial charge in [0.05, 0.1) is 24.3 Å². The Labute approximate surface area is 105 Å². The van der Waals surface area contributed by atoms with E-state index in [1.54, 1.807) is 12.1 Å². The molecule has 0 spiro atoms. The minimum atomic E-state index is -0.0619. The summed E-state index contributed by atoms with van der Waals surface area (Å²) in [5, 5.41) is 0. The normalized spacial score (nSPS) is 22.2. The molecule has 4 rings (SSSR count). The highest BCUT2D eigenvalue weighted by Gasteiger charge is 2.37. The van der Waals surface area contributed by atoms with Crippen molar-refractivity contribution in [1.82, 2.24) is 9.55 Å². The van der Waals surface area contributed by atoms with Gasteiger partial charge in [0.15, 0.2) is 0 Å². The van der Waals surface area contributed by atoms with Crippen LogP contribution in [0.4, 0.5) is 4.39 Å². The number of halogens is 1. The number of hydrogen-bond donors (Lipinski definition) is 0. The summed E-state index contributed by atoms with van der Waals surface area (Å²) in [7, 11) is 0. The molecule has 1 aliphatic heterocycles. The zero-order valence-corrected chi connectivity index (χ0v) is 10.1. The van der Waals surface area contributed by atoms with Crippen LogP contribution in [-0.4, -0.2) is 9.55 Å². The van der Waals surface area contributed by atoms with Gasteiger partial charge in [0.1, 0.15) is 5.82 Å². The van der Waals surface area contributed by atoms with E-state index in [1.165, 1.54) is 25.7 Å². The molecule has 1 unspecified atom stereocenters. The summed E-state index contributed by atoms with van der Waals surface area (Å²) in [4.78, 5) is 4.23. The number of benzene rings is 1. The largest absolute Gasteiger partial charge is 0.323 e. The third kappa shape index (κ3) is 1.25. The Hall–Kier alpha value is -1.64. The predicted octanol–water partition coefficient (Wildman–Crippen LogP) is 3.78. The van der Waals surface area contributed by atoms with Crippen molar-refractivity contribution in [2.45, 2.75) is 31.7 Å². The van der Waals surface area contributed by atoms with E-state index >= 15 is 0 Å². The molecule has 2 aliphatic rings. The van der Waals surface area contributed by atoms with Crippen LogP contribution < -0.4 is 0 Å². The fraction of sp³-hybridized carbons (Fsp3) is 0.400. The molecule has 0 radical (unpaired) electrons. The van der Waals surface area contributed by atoms with E-state index in [0.717, 1.165) is 16.8 Å². The van der Waals surface area contributed by atoms with Crippen molar-refractivity contribution in [3.63, 3.8) is 0 Å². The Balaban J connectivity index is 1.93. The molecule has 0 saturated heterocycles. The molecule has 1 atom stereocenters.